The minimum atomic E-state index is -0.168. The van der Waals surface area contributed by atoms with E-state index in [2.05, 4.69) is 6.58 Å². The van der Waals surface area contributed by atoms with E-state index in [1.54, 1.807) is 21.3 Å². The van der Waals surface area contributed by atoms with Crippen molar-refractivity contribution >= 4 is 6.29 Å². The molecule has 4 nitrogen and oxygen atoms in total. The van der Waals surface area contributed by atoms with Crippen molar-refractivity contribution in [3.8, 4) is 17.2 Å². The van der Waals surface area contributed by atoms with Crippen LogP contribution in [0.25, 0.3) is 0 Å². The van der Waals surface area contributed by atoms with E-state index in [4.69, 9.17) is 14.2 Å². The van der Waals surface area contributed by atoms with Gasteiger partial charge in [-0.25, -0.2) is 0 Å². The fraction of sp³-hybridized carbons (Fsp3) is 0.250. The van der Waals surface area contributed by atoms with Crippen molar-refractivity contribution in [1.29, 1.82) is 0 Å². The lowest BCUT2D eigenvalue weighted by Gasteiger charge is -2.20. The van der Waals surface area contributed by atoms with Gasteiger partial charge in [0, 0.05) is 5.92 Å². The van der Waals surface area contributed by atoms with Crippen molar-refractivity contribution in [3.63, 3.8) is 0 Å². The van der Waals surface area contributed by atoms with Crippen LogP contribution >= 0.6 is 0 Å². The topological polar surface area (TPSA) is 44.8 Å². The van der Waals surface area contributed by atoms with E-state index in [1.807, 2.05) is 42.5 Å². The number of carbonyl (C=O) groups is 1. The standard InChI is InChI=1S/C20H22O4/c1-14(13-21)17(10-15-8-6-5-7-9-15)16-11-18(22-2)20(24-4)19(12-16)23-3/h5-9,11-13,17H,1,10H2,2-4H3. The molecule has 0 fully saturated rings. The van der Waals surface area contributed by atoms with Crippen LogP contribution in [0.2, 0.25) is 0 Å². The van der Waals surface area contributed by atoms with E-state index in [0.717, 1.165) is 17.4 Å². The molecule has 0 saturated carbocycles. The summed E-state index contributed by atoms with van der Waals surface area (Å²) in [4.78, 5) is 11.4. The molecule has 1 unspecified atom stereocenters. The first-order chi connectivity index (χ1) is 11.6. The average Bonchev–Trinajstić information content (AvgIpc) is 2.64. The summed E-state index contributed by atoms with van der Waals surface area (Å²) in [5, 5.41) is 0. The van der Waals surface area contributed by atoms with Crippen molar-refractivity contribution in [1.82, 2.24) is 0 Å². The maximum Gasteiger partial charge on any atom is 0.203 e. The molecule has 0 aliphatic heterocycles. The van der Waals surface area contributed by atoms with Gasteiger partial charge in [-0.15, -0.1) is 0 Å². The summed E-state index contributed by atoms with van der Waals surface area (Å²) in [6.07, 6.45) is 1.47. The number of allylic oxidation sites excluding steroid dienone is 1. The number of benzene rings is 2. The summed E-state index contributed by atoms with van der Waals surface area (Å²) in [7, 11) is 4.70. The summed E-state index contributed by atoms with van der Waals surface area (Å²) in [5.74, 6) is 1.48. The average molecular weight is 326 g/mol. The first-order valence-electron chi connectivity index (χ1n) is 7.62. The zero-order valence-electron chi connectivity index (χ0n) is 14.2. The summed E-state index contributed by atoms with van der Waals surface area (Å²) in [6, 6.07) is 13.7. The van der Waals surface area contributed by atoms with Crippen LogP contribution in [0.4, 0.5) is 0 Å². The number of carbonyl (C=O) groups excluding carboxylic acids is 1. The molecule has 24 heavy (non-hydrogen) atoms. The molecule has 0 N–H and O–H groups in total. The molecule has 0 aliphatic rings. The number of ether oxygens (including phenoxy) is 3. The zero-order chi connectivity index (χ0) is 17.5. The molecule has 4 heteroatoms. The van der Waals surface area contributed by atoms with E-state index in [1.165, 1.54) is 0 Å². The Balaban J connectivity index is 2.49. The van der Waals surface area contributed by atoms with Crippen LogP contribution in [0.3, 0.4) is 0 Å². The summed E-state index contributed by atoms with van der Waals surface area (Å²) >= 11 is 0. The van der Waals surface area contributed by atoms with E-state index in [9.17, 15) is 4.79 Å². The molecule has 0 bridgehead atoms. The minimum absolute atomic E-state index is 0.168. The van der Waals surface area contributed by atoms with Gasteiger partial charge in [-0.05, 0) is 35.3 Å². The first kappa shape index (κ1) is 17.6. The largest absolute Gasteiger partial charge is 0.493 e. The molecule has 0 spiro atoms. The Kier molecular flexibility index (Phi) is 6.01. The lowest BCUT2D eigenvalue weighted by atomic mass is 9.86. The molecule has 0 saturated heterocycles. The van der Waals surface area contributed by atoms with Crippen LogP contribution < -0.4 is 14.2 Å². The molecule has 0 aromatic heterocycles. The lowest BCUT2D eigenvalue weighted by molar-refractivity contribution is -0.105. The van der Waals surface area contributed by atoms with Gasteiger partial charge >= 0.3 is 0 Å². The summed E-state index contributed by atoms with van der Waals surface area (Å²) < 4.78 is 16.2. The molecule has 0 aliphatic carbocycles. The molecule has 2 aromatic rings. The predicted molar refractivity (Wildman–Crippen MR) is 94.2 cm³/mol. The second kappa shape index (κ2) is 8.20. The van der Waals surface area contributed by atoms with E-state index in [-0.39, 0.29) is 5.92 Å². The molecule has 2 aromatic carbocycles. The van der Waals surface area contributed by atoms with Crippen molar-refractivity contribution in [2.45, 2.75) is 12.3 Å². The van der Waals surface area contributed by atoms with Crippen LogP contribution in [0.1, 0.15) is 17.0 Å². The molecule has 0 radical (unpaired) electrons. The van der Waals surface area contributed by atoms with Crippen molar-refractivity contribution in [3.05, 3.63) is 65.7 Å². The number of methoxy groups -OCH3 is 3. The van der Waals surface area contributed by atoms with Crippen molar-refractivity contribution in [2.24, 2.45) is 0 Å². The molecular formula is C20H22O4. The van der Waals surface area contributed by atoms with Gasteiger partial charge in [0.1, 0.15) is 6.29 Å². The molecule has 0 heterocycles. The number of aldehydes is 1. The summed E-state index contributed by atoms with van der Waals surface area (Å²) in [6.45, 7) is 3.92. The SMILES string of the molecule is C=C(C=O)C(Cc1ccccc1)c1cc(OC)c(OC)c(OC)c1. The fourth-order valence-electron chi connectivity index (χ4n) is 2.70. The van der Waals surface area contributed by atoms with Crippen LogP contribution in [0, 0.1) is 0 Å². The van der Waals surface area contributed by atoms with Gasteiger partial charge in [0.25, 0.3) is 0 Å². The van der Waals surface area contributed by atoms with E-state index in [0.29, 0.717) is 29.2 Å². The minimum Gasteiger partial charge on any atom is -0.493 e. The van der Waals surface area contributed by atoms with Gasteiger partial charge in [0.05, 0.1) is 21.3 Å². The van der Waals surface area contributed by atoms with Crippen LogP contribution in [-0.2, 0) is 11.2 Å². The smallest absolute Gasteiger partial charge is 0.203 e. The Labute approximate surface area is 142 Å². The van der Waals surface area contributed by atoms with Crippen LogP contribution in [0.5, 0.6) is 17.2 Å². The monoisotopic (exact) mass is 326 g/mol. The van der Waals surface area contributed by atoms with Crippen molar-refractivity contribution in [2.75, 3.05) is 21.3 Å². The van der Waals surface area contributed by atoms with Gasteiger partial charge < -0.3 is 14.2 Å². The number of hydrogen-bond acceptors (Lipinski definition) is 4. The third-order valence-electron chi connectivity index (χ3n) is 3.97. The Bertz CT molecular complexity index is 682. The highest BCUT2D eigenvalue weighted by atomic mass is 16.5. The lowest BCUT2D eigenvalue weighted by Crippen LogP contribution is -2.08. The Morgan fingerprint density at radius 2 is 1.62 bits per heavy atom. The Morgan fingerprint density at radius 3 is 2.08 bits per heavy atom. The maximum absolute atomic E-state index is 11.4. The molecule has 1 atom stereocenters. The van der Waals surface area contributed by atoms with Gasteiger partial charge in [-0.2, -0.15) is 0 Å². The fourth-order valence-corrected chi connectivity index (χ4v) is 2.70. The number of rotatable bonds is 8. The maximum atomic E-state index is 11.4. The quantitative estimate of drug-likeness (QED) is 0.547. The number of hydrogen-bond donors (Lipinski definition) is 0. The molecule has 0 amide bonds. The normalized spacial score (nSPS) is 11.5. The Morgan fingerprint density at radius 1 is 1.04 bits per heavy atom. The van der Waals surface area contributed by atoms with Gasteiger partial charge in [-0.3, -0.25) is 4.79 Å². The molecule has 126 valence electrons. The Hall–Kier alpha value is -2.75. The molecule has 2 rings (SSSR count). The first-order valence-corrected chi connectivity index (χ1v) is 7.62. The predicted octanol–water partition coefficient (Wildman–Crippen LogP) is 3.79. The highest BCUT2D eigenvalue weighted by Crippen LogP contribution is 2.41. The second-order valence-corrected chi connectivity index (χ2v) is 5.39. The van der Waals surface area contributed by atoms with E-state index >= 15 is 0 Å². The van der Waals surface area contributed by atoms with Gasteiger partial charge in [0.2, 0.25) is 5.75 Å². The molecular weight excluding hydrogens is 304 g/mol. The highest BCUT2D eigenvalue weighted by molar-refractivity contribution is 5.75. The van der Waals surface area contributed by atoms with Crippen LogP contribution in [-0.4, -0.2) is 27.6 Å². The summed E-state index contributed by atoms with van der Waals surface area (Å²) in [5.41, 5.74) is 2.53. The van der Waals surface area contributed by atoms with Crippen molar-refractivity contribution < 1.29 is 19.0 Å². The third-order valence-corrected chi connectivity index (χ3v) is 3.97. The van der Waals surface area contributed by atoms with Gasteiger partial charge in [0.15, 0.2) is 11.5 Å². The second-order valence-electron chi connectivity index (χ2n) is 5.39. The van der Waals surface area contributed by atoms with E-state index < -0.39 is 0 Å². The third kappa shape index (κ3) is 3.77. The van der Waals surface area contributed by atoms with Gasteiger partial charge in [-0.1, -0.05) is 36.9 Å². The highest BCUT2D eigenvalue weighted by Gasteiger charge is 2.21. The van der Waals surface area contributed by atoms with Crippen LogP contribution in [0.15, 0.2) is 54.6 Å². The zero-order valence-corrected chi connectivity index (χ0v) is 14.2.